The molecule has 0 aliphatic carbocycles. The lowest BCUT2D eigenvalue weighted by atomic mass is 10.0. The van der Waals surface area contributed by atoms with E-state index < -0.39 is 5.60 Å². The molecule has 0 aromatic heterocycles. The Morgan fingerprint density at radius 2 is 2.06 bits per heavy atom. The molecule has 0 aromatic rings. The van der Waals surface area contributed by atoms with Crippen molar-refractivity contribution in [3.63, 3.8) is 0 Å². The molecule has 0 spiro atoms. The van der Waals surface area contributed by atoms with Crippen molar-refractivity contribution in [2.45, 2.75) is 58.6 Å². The Morgan fingerprint density at radius 3 is 2.62 bits per heavy atom. The van der Waals surface area contributed by atoms with Crippen molar-refractivity contribution in [2.24, 2.45) is 0 Å². The summed E-state index contributed by atoms with van der Waals surface area (Å²) in [5.41, 5.74) is -0.408. The van der Waals surface area contributed by atoms with E-state index in [1.54, 1.807) is 0 Å². The summed E-state index contributed by atoms with van der Waals surface area (Å²) in [5, 5.41) is 0. The van der Waals surface area contributed by atoms with Crippen LogP contribution in [-0.4, -0.2) is 29.2 Å². The number of carbonyl (C=O) groups excluding carboxylic acids is 1. The number of rotatable bonds is 1. The number of amides is 1. The van der Waals surface area contributed by atoms with Crippen LogP contribution in [0, 0.1) is 0 Å². The smallest absolute Gasteiger partial charge is 0.410 e. The molecule has 1 saturated heterocycles. The minimum atomic E-state index is -0.408. The van der Waals surface area contributed by atoms with Gasteiger partial charge in [0, 0.05) is 6.54 Å². The maximum absolute atomic E-state index is 12.0. The van der Waals surface area contributed by atoms with Crippen LogP contribution in [0.4, 0.5) is 4.79 Å². The quantitative estimate of drug-likeness (QED) is 0.640. The lowest BCUT2D eigenvalue weighted by Crippen LogP contribution is -2.45. The van der Waals surface area contributed by atoms with E-state index in [1.165, 1.54) is 6.42 Å². The highest BCUT2D eigenvalue weighted by molar-refractivity contribution is 5.69. The number of nitrogens with zero attached hydrogens (tertiary/aromatic N) is 1. The Bertz CT molecular complexity index is 266. The van der Waals surface area contributed by atoms with Gasteiger partial charge in [0.15, 0.2) is 0 Å². The summed E-state index contributed by atoms with van der Waals surface area (Å²) in [5.74, 6) is 0. The SMILES string of the molecule is C/C=C/[C@H]1CCCCN1C(=O)OC(C)(C)C. The zero-order chi connectivity index (χ0) is 12.2. The second kappa shape index (κ2) is 5.37. The van der Waals surface area contributed by atoms with Gasteiger partial charge < -0.3 is 9.64 Å². The molecule has 1 aliphatic heterocycles. The summed E-state index contributed by atoms with van der Waals surface area (Å²) in [7, 11) is 0. The first kappa shape index (κ1) is 13.1. The highest BCUT2D eigenvalue weighted by Crippen LogP contribution is 2.21. The number of ether oxygens (including phenoxy) is 1. The lowest BCUT2D eigenvalue weighted by molar-refractivity contribution is 0.0149. The average molecular weight is 225 g/mol. The van der Waals surface area contributed by atoms with Crippen molar-refractivity contribution in [2.75, 3.05) is 6.54 Å². The van der Waals surface area contributed by atoms with Gasteiger partial charge in [0.25, 0.3) is 0 Å². The van der Waals surface area contributed by atoms with E-state index in [2.05, 4.69) is 6.08 Å². The molecule has 0 aromatic carbocycles. The van der Waals surface area contributed by atoms with E-state index in [-0.39, 0.29) is 12.1 Å². The molecule has 0 unspecified atom stereocenters. The normalized spacial score (nSPS) is 22.5. The fourth-order valence-electron chi connectivity index (χ4n) is 1.93. The van der Waals surface area contributed by atoms with Gasteiger partial charge >= 0.3 is 6.09 Å². The molecule has 1 rings (SSSR count). The minimum absolute atomic E-state index is 0.185. The highest BCUT2D eigenvalue weighted by Gasteiger charge is 2.28. The number of piperidine rings is 1. The molecular formula is C13H23NO2. The topological polar surface area (TPSA) is 29.5 Å². The summed E-state index contributed by atoms with van der Waals surface area (Å²) >= 11 is 0. The predicted octanol–water partition coefficient (Wildman–Crippen LogP) is 3.35. The maximum Gasteiger partial charge on any atom is 0.410 e. The number of allylic oxidation sites excluding steroid dienone is 1. The molecule has 0 N–H and O–H groups in total. The van der Waals surface area contributed by atoms with Gasteiger partial charge in [0.05, 0.1) is 6.04 Å². The maximum atomic E-state index is 12.0. The van der Waals surface area contributed by atoms with Crippen molar-refractivity contribution in [1.82, 2.24) is 4.90 Å². The van der Waals surface area contributed by atoms with E-state index in [1.807, 2.05) is 38.7 Å². The molecule has 1 aliphatic rings. The van der Waals surface area contributed by atoms with Crippen LogP contribution in [0.3, 0.4) is 0 Å². The van der Waals surface area contributed by atoms with Crippen molar-refractivity contribution in [3.8, 4) is 0 Å². The number of hydrogen-bond donors (Lipinski definition) is 0. The lowest BCUT2D eigenvalue weighted by Gasteiger charge is -2.35. The van der Waals surface area contributed by atoms with Crippen LogP contribution in [0.5, 0.6) is 0 Å². The second-order valence-electron chi connectivity index (χ2n) is 5.26. The molecule has 0 saturated carbocycles. The van der Waals surface area contributed by atoms with Crippen LogP contribution in [0.1, 0.15) is 47.0 Å². The van der Waals surface area contributed by atoms with Crippen molar-refractivity contribution in [1.29, 1.82) is 0 Å². The van der Waals surface area contributed by atoms with Crippen LogP contribution in [-0.2, 0) is 4.74 Å². The molecule has 16 heavy (non-hydrogen) atoms. The van der Waals surface area contributed by atoms with Gasteiger partial charge in [-0.15, -0.1) is 0 Å². The van der Waals surface area contributed by atoms with E-state index in [9.17, 15) is 4.79 Å². The predicted molar refractivity (Wildman–Crippen MR) is 65.4 cm³/mol. The van der Waals surface area contributed by atoms with Gasteiger partial charge in [0.1, 0.15) is 5.60 Å². The van der Waals surface area contributed by atoms with Crippen molar-refractivity contribution in [3.05, 3.63) is 12.2 Å². The zero-order valence-electron chi connectivity index (χ0n) is 10.8. The van der Waals surface area contributed by atoms with Crippen LogP contribution >= 0.6 is 0 Å². The highest BCUT2D eigenvalue weighted by atomic mass is 16.6. The van der Waals surface area contributed by atoms with E-state index in [0.717, 1.165) is 19.4 Å². The molecule has 1 heterocycles. The summed E-state index contributed by atoms with van der Waals surface area (Å²) in [6, 6.07) is 0.216. The molecule has 0 bridgehead atoms. The van der Waals surface area contributed by atoms with Gasteiger partial charge in [-0.25, -0.2) is 4.79 Å². The molecule has 3 heteroatoms. The molecule has 1 amide bonds. The average Bonchev–Trinajstić information content (AvgIpc) is 2.16. The third kappa shape index (κ3) is 3.87. The van der Waals surface area contributed by atoms with Gasteiger partial charge in [-0.1, -0.05) is 12.2 Å². The van der Waals surface area contributed by atoms with Crippen LogP contribution < -0.4 is 0 Å². The Labute approximate surface area is 98.5 Å². The van der Waals surface area contributed by atoms with Crippen LogP contribution in [0.15, 0.2) is 12.2 Å². The molecule has 1 fully saturated rings. The Kier molecular flexibility index (Phi) is 4.39. The first-order valence-electron chi connectivity index (χ1n) is 6.06. The summed E-state index contributed by atoms with van der Waals surface area (Å²) in [4.78, 5) is 13.8. The Balaban J connectivity index is 2.64. The van der Waals surface area contributed by atoms with Crippen molar-refractivity contribution < 1.29 is 9.53 Å². The molecular weight excluding hydrogens is 202 g/mol. The largest absolute Gasteiger partial charge is 0.444 e. The third-order valence-electron chi connectivity index (χ3n) is 2.59. The van der Waals surface area contributed by atoms with E-state index >= 15 is 0 Å². The number of hydrogen-bond acceptors (Lipinski definition) is 2. The first-order chi connectivity index (χ1) is 7.44. The van der Waals surface area contributed by atoms with E-state index in [0.29, 0.717) is 0 Å². The summed E-state index contributed by atoms with van der Waals surface area (Å²) in [6.07, 6.45) is 7.22. The monoisotopic (exact) mass is 225 g/mol. The first-order valence-corrected chi connectivity index (χ1v) is 6.06. The minimum Gasteiger partial charge on any atom is -0.444 e. The summed E-state index contributed by atoms with van der Waals surface area (Å²) < 4.78 is 5.41. The standard InChI is InChI=1S/C13H23NO2/c1-5-8-11-9-6-7-10-14(11)12(15)16-13(2,3)4/h5,8,11H,6-7,9-10H2,1-4H3/b8-5+/t11-/m0/s1. The van der Waals surface area contributed by atoms with Crippen molar-refractivity contribution >= 4 is 6.09 Å². The molecule has 1 atom stereocenters. The third-order valence-corrected chi connectivity index (χ3v) is 2.59. The van der Waals surface area contributed by atoms with E-state index in [4.69, 9.17) is 4.74 Å². The molecule has 92 valence electrons. The van der Waals surface area contributed by atoms with Crippen LogP contribution in [0.2, 0.25) is 0 Å². The summed E-state index contributed by atoms with van der Waals surface area (Å²) in [6.45, 7) is 8.50. The van der Waals surface area contributed by atoms with Gasteiger partial charge in [-0.05, 0) is 47.0 Å². The number of likely N-dealkylation sites (tertiary alicyclic amines) is 1. The number of carbonyl (C=O) groups is 1. The Morgan fingerprint density at radius 1 is 1.38 bits per heavy atom. The molecule has 0 radical (unpaired) electrons. The van der Waals surface area contributed by atoms with Gasteiger partial charge in [-0.2, -0.15) is 0 Å². The Hall–Kier alpha value is -0.990. The fourth-order valence-corrected chi connectivity index (χ4v) is 1.93. The zero-order valence-corrected chi connectivity index (χ0v) is 10.8. The van der Waals surface area contributed by atoms with Crippen LogP contribution in [0.25, 0.3) is 0 Å². The fraction of sp³-hybridized carbons (Fsp3) is 0.769. The molecule has 3 nitrogen and oxygen atoms in total. The van der Waals surface area contributed by atoms with Gasteiger partial charge in [-0.3, -0.25) is 0 Å². The van der Waals surface area contributed by atoms with Gasteiger partial charge in [0.2, 0.25) is 0 Å². The second-order valence-corrected chi connectivity index (χ2v) is 5.26.